The second-order valence-corrected chi connectivity index (χ2v) is 3.20. The third-order valence-corrected chi connectivity index (χ3v) is 2.13. The molecule has 14 heavy (non-hydrogen) atoms. The van der Waals surface area contributed by atoms with E-state index in [1.165, 1.54) is 12.1 Å². The first-order chi connectivity index (χ1) is 6.56. The molecule has 0 bridgehead atoms. The summed E-state index contributed by atoms with van der Waals surface area (Å²) in [6.07, 6.45) is 0. The lowest BCUT2D eigenvalue weighted by atomic mass is 9.80. The van der Waals surface area contributed by atoms with E-state index in [9.17, 15) is 0 Å². The zero-order valence-electron chi connectivity index (χ0n) is 6.72. The number of hydrogen-bond donors (Lipinski definition) is 2. The summed E-state index contributed by atoms with van der Waals surface area (Å²) in [6, 6.07) is 2.50. The Labute approximate surface area is 89.7 Å². The highest BCUT2D eigenvalue weighted by molar-refractivity contribution is 6.63. The first-order valence-electron chi connectivity index (χ1n) is 3.46. The molecule has 0 aliphatic heterocycles. The normalized spacial score (nSPS) is 9.43. The molecular weight excluding hydrogens is 228 g/mol. The van der Waals surface area contributed by atoms with E-state index in [4.69, 9.17) is 38.8 Å². The summed E-state index contributed by atoms with van der Waals surface area (Å²) in [5.41, 5.74) is 8.32. The lowest BCUT2D eigenvalue weighted by Gasteiger charge is -2.05. The van der Waals surface area contributed by atoms with Gasteiger partial charge in [-0.15, -0.1) is 0 Å². The molecule has 0 amide bonds. The van der Waals surface area contributed by atoms with Gasteiger partial charge in [-0.3, -0.25) is 0 Å². The fourth-order valence-corrected chi connectivity index (χ4v) is 1.39. The summed E-state index contributed by atoms with van der Waals surface area (Å²) >= 11 is 11.3. The van der Waals surface area contributed by atoms with Crippen LogP contribution in [-0.4, -0.2) is 17.2 Å². The van der Waals surface area contributed by atoms with Gasteiger partial charge >= 0.3 is 7.12 Å². The highest BCUT2D eigenvalue weighted by atomic mass is 35.5. The van der Waals surface area contributed by atoms with Crippen molar-refractivity contribution in [1.29, 1.82) is 0 Å². The van der Waals surface area contributed by atoms with Gasteiger partial charge in [-0.2, -0.15) is 0 Å². The van der Waals surface area contributed by atoms with Crippen LogP contribution >= 0.6 is 23.2 Å². The van der Waals surface area contributed by atoms with Gasteiger partial charge in [0.05, 0.1) is 10.7 Å². The van der Waals surface area contributed by atoms with Crippen molar-refractivity contribution in [3.8, 4) is 0 Å². The second-order valence-electron chi connectivity index (χ2n) is 2.39. The maximum Gasteiger partial charge on any atom is 0.489 e. The fourth-order valence-electron chi connectivity index (χ4n) is 0.876. The average molecular weight is 232 g/mol. The van der Waals surface area contributed by atoms with Crippen LogP contribution in [0.3, 0.4) is 0 Å². The Morgan fingerprint density at radius 3 is 2.43 bits per heavy atom. The van der Waals surface area contributed by atoms with Crippen LogP contribution in [0.2, 0.25) is 10.0 Å². The van der Waals surface area contributed by atoms with E-state index in [0.29, 0.717) is 0 Å². The molecule has 0 aromatic heterocycles. The van der Waals surface area contributed by atoms with Crippen LogP contribution < -0.4 is 5.46 Å². The van der Waals surface area contributed by atoms with E-state index in [1.807, 2.05) is 0 Å². The summed E-state index contributed by atoms with van der Waals surface area (Å²) in [5.74, 6) is 0. The minimum Gasteiger partial charge on any atom is -0.423 e. The molecule has 0 fully saturated rings. The van der Waals surface area contributed by atoms with Crippen molar-refractivity contribution in [3.05, 3.63) is 32.6 Å². The molecule has 0 spiro atoms. The predicted octanol–water partition coefficient (Wildman–Crippen LogP) is 1.61. The van der Waals surface area contributed by atoms with Crippen LogP contribution in [0, 0.1) is 0 Å². The molecule has 0 heterocycles. The molecule has 0 saturated carbocycles. The molecule has 72 valence electrons. The molecule has 2 N–H and O–H groups in total. The largest absolute Gasteiger partial charge is 0.489 e. The summed E-state index contributed by atoms with van der Waals surface area (Å²) in [5, 5.41) is 21.3. The van der Waals surface area contributed by atoms with E-state index < -0.39 is 7.12 Å². The predicted molar refractivity (Wildman–Crippen MR) is 55.1 cm³/mol. The average Bonchev–Trinajstić information content (AvgIpc) is 2.09. The van der Waals surface area contributed by atoms with Gasteiger partial charge in [0.15, 0.2) is 0 Å². The molecule has 0 saturated heterocycles. The van der Waals surface area contributed by atoms with Gasteiger partial charge in [0.2, 0.25) is 0 Å². The second kappa shape index (κ2) is 4.55. The van der Waals surface area contributed by atoms with E-state index in [-0.39, 0.29) is 21.2 Å². The van der Waals surface area contributed by atoms with Crippen molar-refractivity contribution < 1.29 is 10.0 Å². The summed E-state index contributed by atoms with van der Waals surface area (Å²) in [4.78, 5) is 2.53. The molecular formula is C6H4BCl2N3O2. The van der Waals surface area contributed by atoms with E-state index >= 15 is 0 Å². The van der Waals surface area contributed by atoms with Gasteiger partial charge in [0.25, 0.3) is 0 Å². The zero-order chi connectivity index (χ0) is 10.7. The van der Waals surface area contributed by atoms with Gasteiger partial charge in [-0.1, -0.05) is 28.3 Å². The number of halogens is 2. The van der Waals surface area contributed by atoms with Crippen LogP contribution in [0.5, 0.6) is 0 Å². The van der Waals surface area contributed by atoms with E-state index in [0.717, 1.165) is 0 Å². The van der Waals surface area contributed by atoms with Gasteiger partial charge in [0, 0.05) is 15.4 Å². The summed E-state index contributed by atoms with van der Waals surface area (Å²) < 4.78 is 0. The molecule has 8 heteroatoms. The molecule has 0 aliphatic rings. The van der Waals surface area contributed by atoms with Crippen LogP contribution in [0.15, 0.2) is 17.2 Å². The van der Waals surface area contributed by atoms with Gasteiger partial charge in [-0.25, -0.2) is 0 Å². The van der Waals surface area contributed by atoms with Crippen molar-refractivity contribution in [2.24, 2.45) is 5.11 Å². The van der Waals surface area contributed by atoms with Crippen molar-refractivity contribution in [3.63, 3.8) is 0 Å². The maximum absolute atomic E-state index is 8.88. The smallest absolute Gasteiger partial charge is 0.423 e. The van der Waals surface area contributed by atoms with Gasteiger partial charge in [0.1, 0.15) is 0 Å². The van der Waals surface area contributed by atoms with Crippen molar-refractivity contribution in [2.45, 2.75) is 0 Å². The highest BCUT2D eigenvalue weighted by Gasteiger charge is 2.17. The molecule has 1 aromatic carbocycles. The first-order valence-corrected chi connectivity index (χ1v) is 4.22. The molecule has 0 atom stereocenters. The zero-order valence-corrected chi connectivity index (χ0v) is 8.24. The lowest BCUT2D eigenvalue weighted by molar-refractivity contribution is 0.426. The van der Waals surface area contributed by atoms with Crippen LogP contribution in [-0.2, 0) is 0 Å². The fraction of sp³-hybridized carbons (Fsp3) is 0. The maximum atomic E-state index is 8.88. The Bertz CT molecular complexity index is 406. The van der Waals surface area contributed by atoms with Crippen molar-refractivity contribution in [2.75, 3.05) is 0 Å². The quantitative estimate of drug-likeness (QED) is 0.351. The summed E-state index contributed by atoms with van der Waals surface area (Å²) in [6.45, 7) is 0. The SMILES string of the molecule is [N-]=[N+]=Nc1cc(B(O)O)c(Cl)cc1Cl. The topological polar surface area (TPSA) is 89.2 Å². The Morgan fingerprint density at radius 2 is 1.93 bits per heavy atom. The molecule has 1 rings (SSSR count). The Morgan fingerprint density at radius 1 is 1.29 bits per heavy atom. The van der Waals surface area contributed by atoms with Gasteiger partial charge < -0.3 is 10.0 Å². The lowest BCUT2D eigenvalue weighted by Crippen LogP contribution is -2.30. The Balaban J connectivity index is 3.34. The van der Waals surface area contributed by atoms with Crippen LogP contribution in [0.1, 0.15) is 0 Å². The Hall–Kier alpha value is -0.905. The first kappa shape index (κ1) is 11.2. The number of benzene rings is 1. The number of hydrogen-bond acceptors (Lipinski definition) is 3. The third-order valence-electron chi connectivity index (χ3n) is 1.50. The van der Waals surface area contributed by atoms with Gasteiger partial charge in [-0.05, 0) is 17.7 Å². The number of nitrogens with zero attached hydrogens (tertiary/aromatic N) is 3. The molecule has 0 unspecified atom stereocenters. The number of rotatable bonds is 2. The molecule has 0 radical (unpaired) electrons. The van der Waals surface area contributed by atoms with Crippen LogP contribution in [0.25, 0.3) is 10.4 Å². The minimum atomic E-state index is -1.73. The van der Waals surface area contributed by atoms with Crippen LogP contribution in [0.4, 0.5) is 5.69 Å². The monoisotopic (exact) mass is 231 g/mol. The van der Waals surface area contributed by atoms with Crippen molar-refractivity contribution in [1.82, 2.24) is 0 Å². The Kier molecular flexibility index (Phi) is 3.63. The minimum absolute atomic E-state index is 0.0402. The van der Waals surface area contributed by atoms with E-state index in [1.54, 1.807) is 0 Å². The highest BCUT2D eigenvalue weighted by Crippen LogP contribution is 2.26. The van der Waals surface area contributed by atoms with Crippen molar-refractivity contribution >= 4 is 41.5 Å². The molecule has 1 aromatic rings. The summed E-state index contributed by atoms with van der Waals surface area (Å²) in [7, 11) is -1.73. The van der Waals surface area contributed by atoms with E-state index in [2.05, 4.69) is 10.0 Å². The standard InChI is InChI=1S/C6H4BCl2N3O2/c8-4-2-5(9)6(11-12-10)1-3(4)7(13)14/h1-2,13-14H. The molecule has 0 aliphatic carbocycles. The number of azide groups is 1. The molecule has 5 nitrogen and oxygen atoms in total. The third kappa shape index (κ3) is 2.32.